The van der Waals surface area contributed by atoms with Crippen molar-refractivity contribution in [2.24, 2.45) is 0 Å². The molecular formula is C15H14N2O4S. The van der Waals surface area contributed by atoms with Crippen LogP contribution in [0.1, 0.15) is 5.56 Å². The van der Waals surface area contributed by atoms with Gasteiger partial charge in [-0.15, -0.1) is 0 Å². The first-order valence-corrected chi connectivity index (χ1v) is 8.08. The highest BCUT2D eigenvalue weighted by Gasteiger charge is 2.18. The van der Waals surface area contributed by atoms with Crippen LogP contribution >= 0.6 is 0 Å². The van der Waals surface area contributed by atoms with Crippen LogP contribution in [0.2, 0.25) is 0 Å². The zero-order valence-electron chi connectivity index (χ0n) is 11.8. The minimum Gasteiger partial charge on any atom is -0.482 e. The molecule has 1 aliphatic heterocycles. The Bertz CT molecular complexity index is 829. The number of aryl methyl sites for hydroxylation is 1. The zero-order chi connectivity index (χ0) is 15.7. The van der Waals surface area contributed by atoms with Crippen molar-refractivity contribution in [3.8, 4) is 5.75 Å². The van der Waals surface area contributed by atoms with E-state index < -0.39 is 10.0 Å². The van der Waals surface area contributed by atoms with Crippen molar-refractivity contribution < 1.29 is 17.9 Å². The number of fused-ring (bicyclic) bond motifs is 1. The number of rotatable bonds is 3. The van der Waals surface area contributed by atoms with Gasteiger partial charge in [-0.3, -0.25) is 9.52 Å². The smallest absolute Gasteiger partial charge is 0.262 e. The van der Waals surface area contributed by atoms with E-state index in [-0.39, 0.29) is 17.4 Å². The number of carbonyl (C=O) groups is 1. The van der Waals surface area contributed by atoms with Gasteiger partial charge in [0.05, 0.1) is 16.3 Å². The lowest BCUT2D eigenvalue weighted by atomic mass is 10.2. The fraction of sp³-hybridized carbons (Fsp3) is 0.133. The van der Waals surface area contributed by atoms with Crippen molar-refractivity contribution in [3.63, 3.8) is 0 Å². The lowest BCUT2D eigenvalue weighted by Gasteiger charge is -2.18. The average Bonchev–Trinajstić information content (AvgIpc) is 2.47. The van der Waals surface area contributed by atoms with Crippen LogP contribution in [0.3, 0.4) is 0 Å². The van der Waals surface area contributed by atoms with Crippen LogP contribution in [0.5, 0.6) is 5.75 Å². The zero-order valence-corrected chi connectivity index (χ0v) is 12.6. The standard InChI is InChI=1S/C15H14N2O4S/c1-10-2-5-12(6-3-10)22(19,20)17-11-4-7-13-14(8-11)21-9-15(18)16-13/h2-8,17H,9H2,1H3,(H,16,18). The van der Waals surface area contributed by atoms with Gasteiger partial charge in [0.1, 0.15) is 5.75 Å². The van der Waals surface area contributed by atoms with Crippen LogP contribution in [0.4, 0.5) is 11.4 Å². The van der Waals surface area contributed by atoms with Gasteiger partial charge < -0.3 is 10.1 Å². The van der Waals surface area contributed by atoms with Crippen molar-refractivity contribution in [1.82, 2.24) is 0 Å². The quantitative estimate of drug-likeness (QED) is 0.908. The van der Waals surface area contributed by atoms with Crippen molar-refractivity contribution in [3.05, 3.63) is 48.0 Å². The lowest BCUT2D eigenvalue weighted by molar-refractivity contribution is -0.118. The second-order valence-electron chi connectivity index (χ2n) is 4.97. The van der Waals surface area contributed by atoms with Gasteiger partial charge in [0.25, 0.3) is 15.9 Å². The van der Waals surface area contributed by atoms with Gasteiger partial charge in [-0.05, 0) is 31.2 Å². The van der Waals surface area contributed by atoms with E-state index >= 15 is 0 Å². The van der Waals surface area contributed by atoms with Gasteiger partial charge in [0.2, 0.25) is 0 Å². The molecule has 2 aromatic carbocycles. The Labute approximate surface area is 128 Å². The molecule has 1 amide bonds. The van der Waals surface area contributed by atoms with Gasteiger partial charge >= 0.3 is 0 Å². The molecule has 0 atom stereocenters. The number of hydrogen-bond donors (Lipinski definition) is 2. The molecule has 0 radical (unpaired) electrons. The molecule has 22 heavy (non-hydrogen) atoms. The van der Waals surface area contributed by atoms with E-state index in [1.165, 1.54) is 0 Å². The number of anilines is 2. The number of carbonyl (C=O) groups excluding carboxylic acids is 1. The minimum atomic E-state index is -3.66. The molecule has 2 N–H and O–H groups in total. The predicted molar refractivity (Wildman–Crippen MR) is 82.6 cm³/mol. The highest BCUT2D eigenvalue weighted by atomic mass is 32.2. The Morgan fingerprint density at radius 1 is 1.14 bits per heavy atom. The highest BCUT2D eigenvalue weighted by molar-refractivity contribution is 7.92. The molecule has 0 aliphatic carbocycles. The van der Waals surface area contributed by atoms with E-state index in [0.29, 0.717) is 17.1 Å². The number of nitrogens with one attached hydrogen (secondary N) is 2. The molecule has 0 unspecified atom stereocenters. The minimum absolute atomic E-state index is 0.0822. The van der Waals surface area contributed by atoms with E-state index in [2.05, 4.69) is 10.0 Å². The van der Waals surface area contributed by atoms with Gasteiger partial charge in [0, 0.05) is 6.07 Å². The molecule has 1 aliphatic rings. The predicted octanol–water partition coefficient (Wildman–Crippen LogP) is 2.13. The Balaban J connectivity index is 1.86. The molecule has 7 heteroatoms. The molecule has 0 bridgehead atoms. The number of amides is 1. The van der Waals surface area contributed by atoms with Crippen molar-refractivity contribution in [1.29, 1.82) is 0 Å². The third kappa shape index (κ3) is 2.89. The largest absolute Gasteiger partial charge is 0.482 e. The fourth-order valence-corrected chi connectivity index (χ4v) is 3.12. The van der Waals surface area contributed by atoms with Gasteiger partial charge in [-0.1, -0.05) is 17.7 Å². The Kier molecular flexibility index (Phi) is 3.50. The van der Waals surface area contributed by atoms with Crippen molar-refractivity contribution >= 4 is 27.3 Å². The number of sulfonamides is 1. The van der Waals surface area contributed by atoms with Gasteiger partial charge in [-0.25, -0.2) is 8.42 Å². The van der Waals surface area contributed by atoms with E-state index in [1.807, 2.05) is 6.92 Å². The van der Waals surface area contributed by atoms with Crippen molar-refractivity contribution in [2.75, 3.05) is 16.6 Å². The molecule has 6 nitrogen and oxygen atoms in total. The number of hydrogen-bond acceptors (Lipinski definition) is 4. The molecule has 0 fully saturated rings. The molecule has 0 saturated carbocycles. The summed E-state index contributed by atoms with van der Waals surface area (Å²) in [4.78, 5) is 11.4. The molecule has 2 aromatic rings. The van der Waals surface area contributed by atoms with Crippen molar-refractivity contribution in [2.45, 2.75) is 11.8 Å². The molecule has 114 valence electrons. The summed E-state index contributed by atoms with van der Waals surface area (Å²) in [7, 11) is -3.66. The third-order valence-electron chi connectivity index (χ3n) is 3.20. The summed E-state index contributed by atoms with van der Waals surface area (Å²) in [5.41, 5.74) is 1.88. The van der Waals surface area contributed by atoms with Crippen LogP contribution in [0, 0.1) is 6.92 Å². The van der Waals surface area contributed by atoms with Crippen LogP contribution in [-0.2, 0) is 14.8 Å². The van der Waals surface area contributed by atoms with Crippen LogP contribution < -0.4 is 14.8 Å². The molecule has 0 saturated heterocycles. The Morgan fingerprint density at radius 3 is 2.59 bits per heavy atom. The lowest BCUT2D eigenvalue weighted by Crippen LogP contribution is -2.25. The monoisotopic (exact) mass is 318 g/mol. The second kappa shape index (κ2) is 5.34. The van der Waals surface area contributed by atoms with E-state index in [9.17, 15) is 13.2 Å². The molecule has 0 spiro atoms. The summed E-state index contributed by atoms with van der Waals surface area (Å²) in [6, 6.07) is 11.3. The van der Waals surface area contributed by atoms with E-state index in [0.717, 1.165) is 5.56 Å². The SMILES string of the molecule is Cc1ccc(S(=O)(=O)Nc2ccc3c(c2)OCC(=O)N3)cc1. The summed E-state index contributed by atoms with van der Waals surface area (Å²) in [6.45, 7) is 1.81. The summed E-state index contributed by atoms with van der Waals surface area (Å²) in [6.07, 6.45) is 0. The summed E-state index contributed by atoms with van der Waals surface area (Å²) in [5.74, 6) is 0.198. The third-order valence-corrected chi connectivity index (χ3v) is 4.60. The summed E-state index contributed by atoms with van der Waals surface area (Å²) >= 11 is 0. The van der Waals surface area contributed by atoms with Crippen LogP contribution in [0.15, 0.2) is 47.4 Å². The maximum Gasteiger partial charge on any atom is 0.262 e. The summed E-state index contributed by atoms with van der Waals surface area (Å²) < 4.78 is 32.4. The Morgan fingerprint density at radius 2 is 1.86 bits per heavy atom. The topological polar surface area (TPSA) is 84.5 Å². The second-order valence-corrected chi connectivity index (χ2v) is 6.65. The Hall–Kier alpha value is -2.54. The van der Waals surface area contributed by atoms with Gasteiger partial charge in [-0.2, -0.15) is 0 Å². The molecule has 3 rings (SSSR count). The maximum absolute atomic E-state index is 12.3. The summed E-state index contributed by atoms with van der Waals surface area (Å²) in [5, 5.41) is 2.65. The number of benzene rings is 2. The first-order valence-electron chi connectivity index (χ1n) is 6.60. The molecular weight excluding hydrogens is 304 g/mol. The first-order chi connectivity index (χ1) is 10.4. The van der Waals surface area contributed by atoms with Crippen LogP contribution in [-0.4, -0.2) is 20.9 Å². The highest BCUT2D eigenvalue weighted by Crippen LogP contribution is 2.31. The molecule has 1 heterocycles. The normalized spacial score (nSPS) is 13.8. The van der Waals surface area contributed by atoms with Gasteiger partial charge in [0.15, 0.2) is 6.61 Å². The van der Waals surface area contributed by atoms with E-state index in [1.54, 1.807) is 42.5 Å². The number of ether oxygens (including phenoxy) is 1. The molecule has 0 aromatic heterocycles. The van der Waals surface area contributed by atoms with E-state index in [4.69, 9.17) is 4.74 Å². The maximum atomic E-state index is 12.3. The fourth-order valence-electron chi connectivity index (χ4n) is 2.07. The first kappa shape index (κ1) is 14.4. The van der Waals surface area contributed by atoms with Crippen LogP contribution in [0.25, 0.3) is 0 Å². The average molecular weight is 318 g/mol.